The first kappa shape index (κ1) is 8.79. The van der Waals surface area contributed by atoms with Gasteiger partial charge in [0.15, 0.2) is 0 Å². The van der Waals surface area contributed by atoms with Crippen molar-refractivity contribution in [2.45, 2.75) is 26.7 Å². The van der Waals surface area contributed by atoms with Crippen molar-refractivity contribution in [1.29, 1.82) is 0 Å². The van der Waals surface area contributed by atoms with Crippen molar-refractivity contribution in [3.05, 3.63) is 17.7 Å². The van der Waals surface area contributed by atoms with Crippen LogP contribution in [-0.4, -0.2) is 22.1 Å². The number of esters is 1. The number of carbonyl (C=O) groups is 1. The third kappa shape index (κ3) is 1.84. The van der Waals surface area contributed by atoms with Gasteiger partial charge in [0.1, 0.15) is 5.82 Å². The van der Waals surface area contributed by atoms with E-state index in [-0.39, 0.29) is 18.7 Å². The number of cyclic esters (lactones) is 1. The van der Waals surface area contributed by atoms with Gasteiger partial charge in [-0.15, -0.1) is 0 Å². The normalized spacial score (nSPS) is 31.2. The molecule has 4 heteroatoms. The molecule has 0 N–H and O–H groups in total. The number of nitrogens with zero attached hydrogens (tertiary/aromatic N) is 2. The van der Waals surface area contributed by atoms with Crippen molar-refractivity contribution < 1.29 is 12.3 Å². The molecule has 0 radical (unpaired) electrons. The maximum Gasteiger partial charge on any atom is 0.309 e. The fraction of sp³-hybridized carbons (Fsp3) is 0.667. The monoisotopic (exact) mass is 224 g/mol. The second-order valence-electron chi connectivity index (χ2n) is 4.15. The van der Waals surface area contributed by atoms with Crippen molar-refractivity contribution >= 4 is 5.97 Å². The van der Waals surface area contributed by atoms with Crippen LogP contribution in [0.15, 0.2) is 6.17 Å². The van der Waals surface area contributed by atoms with Crippen LogP contribution in [0, 0.1) is 18.7 Å². The SMILES string of the molecule is [2H]c1nc(C)n(C)c1C[C@H]1COC(=O)[C@@]1([2H])CC. The average Bonchev–Trinajstić information content (AvgIpc) is 2.74. The first-order valence-corrected chi connectivity index (χ1v) is 5.56. The molecule has 0 aromatic carbocycles. The summed E-state index contributed by atoms with van der Waals surface area (Å²) in [7, 11) is 1.85. The summed E-state index contributed by atoms with van der Waals surface area (Å²) in [6.45, 7) is 3.92. The van der Waals surface area contributed by atoms with Crippen LogP contribution in [0.5, 0.6) is 0 Å². The van der Waals surface area contributed by atoms with Crippen LogP contribution in [0.3, 0.4) is 0 Å². The summed E-state index contributed by atoms with van der Waals surface area (Å²) in [4.78, 5) is 15.7. The molecule has 1 fully saturated rings. The fourth-order valence-corrected chi connectivity index (χ4v) is 2.06. The van der Waals surface area contributed by atoms with Gasteiger partial charge in [-0.05, 0) is 19.8 Å². The molecule has 2 atom stereocenters. The summed E-state index contributed by atoms with van der Waals surface area (Å²) in [5, 5.41) is 0. The Morgan fingerprint density at radius 3 is 3.12 bits per heavy atom. The molecular weight excluding hydrogens is 204 g/mol. The lowest BCUT2D eigenvalue weighted by molar-refractivity contribution is -0.141. The van der Waals surface area contributed by atoms with Crippen molar-refractivity contribution in [2.75, 3.05) is 6.61 Å². The molecule has 1 aliphatic rings. The molecule has 16 heavy (non-hydrogen) atoms. The van der Waals surface area contributed by atoms with E-state index in [1.807, 2.05) is 25.5 Å². The van der Waals surface area contributed by atoms with Crippen molar-refractivity contribution in [3.63, 3.8) is 0 Å². The zero-order chi connectivity index (χ0) is 13.5. The lowest BCUT2D eigenvalue weighted by Gasteiger charge is -2.13. The predicted octanol–water partition coefficient (Wildman–Crippen LogP) is 1.47. The van der Waals surface area contributed by atoms with Gasteiger partial charge in [0, 0.05) is 26.2 Å². The van der Waals surface area contributed by atoms with Gasteiger partial charge in [-0.25, -0.2) is 4.98 Å². The second-order valence-corrected chi connectivity index (χ2v) is 4.15. The van der Waals surface area contributed by atoms with E-state index in [1.165, 1.54) is 0 Å². The molecule has 1 aliphatic heterocycles. The molecule has 88 valence electrons. The number of hydrogen-bond donors (Lipinski definition) is 0. The summed E-state index contributed by atoms with van der Waals surface area (Å²) in [6, 6.07) is 0. The fourth-order valence-electron chi connectivity index (χ4n) is 2.06. The van der Waals surface area contributed by atoms with Crippen LogP contribution in [0.1, 0.15) is 27.6 Å². The van der Waals surface area contributed by atoms with Crippen LogP contribution in [0.2, 0.25) is 0 Å². The standard InChI is InChI=1S/C12H18N2O2/c1-4-11-9(7-16-12(11)15)5-10-6-13-8(2)14(10)3/h6,9,11H,4-5,7H2,1-3H3/t9-,11-/m0/s1/i6D,11D. The lowest BCUT2D eigenvalue weighted by Crippen LogP contribution is -2.18. The molecule has 0 aliphatic carbocycles. The zero-order valence-corrected chi connectivity index (χ0v) is 9.91. The number of carbonyl (C=O) groups excluding carboxylic acids is 1. The number of ether oxygens (including phenoxy) is 1. The number of rotatable bonds is 3. The van der Waals surface area contributed by atoms with Crippen LogP contribution < -0.4 is 0 Å². The summed E-state index contributed by atoms with van der Waals surface area (Å²) >= 11 is 0. The first-order chi connectivity index (χ1) is 8.40. The van der Waals surface area contributed by atoms with E-state index >= 15 is 0 Å². The Morgan fingerprint density at radius 2 is 2.56 bits per heavy atom. The number of hydrogen-bond acceptors (Lipinski definition) is 3. The highest BCUT2D eigenvalue weighted by molar-refractivity contribution is 5.74. The Balaban J connectivity index is 2.27. The minimum Gasteiger partial charge on any atom is -0.465 e. The Hall–Kier alpha value is -1.32. The Labute approximate surface area is 98.4 Å². The summed E-state index contributed by atoms with van der Waals surface area (Å²) in [5.74, 6) is -1.05. The van der Waals surface area contributed by atoms with Gasteiger partial charge < -0.3 is 9.30 Å². The molecule has 1 aromatic rings. The summed E-state index contributed by atoms with van der Waals surface area (Å²) in [5.41, 5.74) is 0.765. The Bertz CT molecular complexity index is 487. The first-order valence-electron chi connectivity index (χ1n) is 6.56. The highest BCUT2D eigenvalue weighted by atomic mass is 16.5. The van der Waals surface area contributed by atoms with Crippen molar-refractivity contribution in [1.82, 2.24) is 9.55 Å². The highest BCUT2D eigenvalue weighted by Crippen LogP contribution is 2.28. The van der Waals surface area contributed by atoms with E-state index in [9.17, 15) is 4.79 Å². The molecule has 1 saturated heterocycles. The Kier molecular flexibility index (Phi) is 2.35. The summed E-state index contributed by atoms with van der Waals surface area (Å²) in [6.07, 6.45) is 1.15. The molecule has 0 bridgehead atoms. The topological polar surface area (TPSA) is 44.1 Å². The van der Waals surface area contributed by atoms with Crippen LogP contribution in [0.25, 0.3) is 0 Å². The van der Waals surface area contributed by atoms with Crippen LogP contribution in [0.4, 0.5) is 0 Å². The van der Waals surface area contributed by atoms with E-state index in [0.29, 0.717) is 12.8 Å². The molecule has 1 aromatic heterocycles. The van der Waals surface area contributed by atoms with Gasteiger partial charge in [-0.2, -0.15) is 0 Å². The number of imidazole rings is 1. The molecule has 2 rings (SSSR count). The largest absolute Gasteiger partial charge is 0.465 e. The lowest BCUT2D eigenvalue weighted by atomic mass is 9.89. The van der Waals surface area contributed by atoms with Crippen LogP contribution >= 0.6 is 0 Å². The maximum atomic E-state index is 11.6. The molecule has 0 amide bonds. The van der Waals surface area contributed by atoms with Gasteiger partial charge >= 0.3 is 5.97 Å². The zero-order valence-electron chi connectivity index (χ0n) is 11.9. The number of aromatic nitrogens is 2. The van der Waals surface area contributed by atoms with Gasteiger partial charge in [0.2, 0.25) is 0 Å². The van der Waals surface area contributed by atoms with E-state index in [2.05, 4.69) is 4.98 Å². The molecule has 4 nitrogen and oxygen atoms in total. The quantitative estimate of drug-likeness (QED) is 0.730. The maximum absolute atomic E-state index is 11.6. The summed E-state index contributed by atoms with van der Waals surface area (Å²) < 4.78 is 22.9. The number of aryl methyl sites for hydroxylation is 1. The van der Waals surface area contributed by atoms with Gasteiger partial charge in [-0.3, -0.25) is 4.79 Å². The minimum atomic E-state index is -1.18. The highest BCUT2D eigenvalue weighted by Gasteiger charge is 2.35. The Morgan fingerprint density at radius 1 is 1.81 bits per heavy atom. The minimum absolute atomic E-state index is 0.200. The molecule has 2 heterocycles. The predicted molar refractivity (Wildman–Crippen MR) is 59.9 cm³/mol. The van der Waals surface area contributed by atoms with E-state index < -0.39 is 11.9 Å². The molecule has 0 spiro atoms. The average molecular weight is 224 g/mol. The van der Waals surface area contributed by atoms with E-state index in [1.54, 1.807) is 0 Å². The van der Waals surface area contributed by atoms with E-state index in [4.69, 9.17) is 7.48 Å². The third-order valence-corrected chi connectivity index (χ3v) is 3.23. The van der Waals surface area contributed by atoms with Gasteiger partial charge in [0.25, 0.3) is 0 Å². The molecular formula is C12H18N2O2. The molecule has 0 saturated carbocycles. The smallest absolute Gasteiger partial charge is 0.309 e. The van der Waals surface area contributed by atoms with E-state index in [0.717, 1.165) is 11.5 Å². The second kappa shape index (κ2) is 4.28. The van der Waals surface area contributed by atoms with Crippen molar-refractivity contribution in [2.24, 2.45) is 18.9 Å². The van der Waals surface area contributed by atoms with Gasteiger partial charge in [0.05, 0.1) is 13.9 Å². The van der Waals surface area contributed by atoms with Crippen molar-refractivity contribution in [3.8, 4) is 0 Å². The van der Waals surface area contributed by atoms with Gasteiger partial charge in [-0.1, -0.05) is 6.92 Å². The molecule has 0 unspecified atom stereocenters. The third-order valence-electron chi connectivity index (χ3n) is 3.23. The van der Waals surface area contributed by atoms with Crippen LogP contribution in [-0.2, 0) is 23.0 Å².